The van der Waals surface area contributed by atoms with Crippen molar-refractivity contribution in [2.75, 3.05) is 44.8 Å². The van der Waals surface area contributed by atoms with E-state index in [0.29, 0.717) is 12.5 Å². The van der Waals surface area contributed by atoms with Crippen molar-refractivity contribution < 1.29 is 9.47 Å². The zero-order valence-corrected chi connectivity index (χ0v) is 12.6. The van der Waals surface area contributed by atoms with Gasteiger partial charge in [-0.1, -0.05) is 0 Å². The quantitative estimate of drug-likeness (QED) is 0.850. The van der Waals surface area contributed by atoms with Gasteiger partial charge in [-0.05, 0) is 20.8 Å². The van der Waals surface area contributed by atoms with Gasteiger partial charge in [-0.25, -0.2) is 9.97 Å². The van der Waals surface area contributed by atoms with Crippen LogP contribution in [0.15, 0.2) is 12.4 Å². The Morgan fingerprint density at radius 3 is 2.80 bits per heavy atom. The fourth-order valence-electron chi connectivity index (χ4n) is 2.25. The monoisotopic (exact) mass is 280 g/mol. The first kappa shape index (κ1) is 15.0. The van der Waals surface area contributed by atoms with Gasteiger partial charge >= 0.3 is 0 Å². The number of hydrogen-bond acceptors (Lipinski definition) is 6. The maximum Gasteiger partial charge on any atom is 0.218 e. The highest BCUT2D eigenvalue weighted by Gasteiger charge is 2.28. The summed E-state index contributed by atoms with van der Waals surface area (Å²) >= 11 is 0. The summed E-state index contributed by atoms with van der Waals surface area (Å²) in [4.78, 5) is 10.7. The number of anilines is 1. The molecular weight excluding hydrogens is 256 g/mol. The van der Waals surface area contributed by atoms with Gasteiger partial charge in [-0.15, -0.1) is 0 Å². The summed E-state index contributed by atoms with van der Waals surface area (Å²) in [6.45, 7) is 11.4. The molecule has 0 amide bonds. The zero-order chi connectivity index (χ0) is 14.4. The minimum atomic E-state index is 0.0561. The van der Waals surface area contributed by atoms with Gasteiger partial charge in [0.1, 0.15) is 12.1 Å². The molecule has 1 aromatic rings. The molecule has 6 nitrogen and oxygen atoms in total. The zero-order valence-electron chi connectivity index (χ0n) is 12.6. The van der Waals surface area contributed by atoms with Crippen LogP contribution in [-0.2, 0) is 4.74 Å². The molecule has 0 aromatic carbocycles. The van der Waals surface area contributed by atoms with Crippen LogP contribution in [0.2, 0.25) is 0 Å². The molecule has 1 saturated heterocycles. The molecule has 0 saturated carbocycles. The third kappa shape index (κ3) is 4.05. The van der Waals surface area contributed by atoms with Gasteiger partial charge in [0.25, 0.3) is 0 Å². The van der Waals surface area contributed by atoms with E-state index in [1.54, 1.807) is 0 Å². The smallest absolute Gasteiger partial charge is 0.218 e. The van der Waals surface area contributed by atoms with Gasteiger partial charge in [0.15, 0.2) is 0 Å². The Morgan fingerprint density at radius 2 is 2.10 bits per heavy atom. The van der Waals surface area contributed by atoms with Gasteiger partial charge in [0.2, 0.25) is 5.88 Å². The van der Waals surface area contributed by atoms with E-state index in [4.69, 9.17) is 9.47 Å². The topological polar surface area (TPSA) is 59.5 Å². The van der Waals surface area contributed by atoms with E-state index in [-0.39, 0.29) is 5.54 Å². The van der Waals surface area contributed by atoms with Crippen LogP contribution in [0.4, 0.5) is 5.82 Å². The predicted octanol–water partition coefficient (Wildman–Crippen LogP) is 1.40. The highest BCUT2D eigenvalue weighted by Crippen LogP contribution is 2.18. The minimum absolute atomic E-state index is 0.0561. The van der Waals surface area contributed by atoms with E-state index >= 15 is 0 Å². The molecule has 112 valence electrons. The lowest BCUT2D eigenvalue weighted by atomic mass is 10.0. The standard InChI is InChI=1S/C14H24N4O2/c1-4-20-13-9-12(16-11-17-13)15-10-14(2,3)18-5-7-19-8-6-18/h9,11H,4-8,10H2,1-3H3,(H,15,16,17). The summed E-state index contributed by atoms with van der Waals surface area (Å²) in [6, 6.07) is 1.83. The van der Waals surface area contributed by atoms with E-state index in [0.717, 1.165) is 38.7 Å². The first-order valence-electron chi connectivity index (χ1n) is 7.13. The lowest BCUT2D eigenvalue weighted by molar-refractivity contribution is -0.00570. The van der Waals surface area contributed by atoms with Gasteiger partial charge < -0.3 is 14.8 Å². The van der Waals surface area contributed by atoms with Crippen molar-refractivity contribution in [3.8, 4) is 5.88 Å². The van der Waals surface area contributed by atoms with Crippen LogP contribution >= 0.6 is 0 Å². The molecule has 0 aliphatic carbocycles. The van der Waals surface area contributed by atoms with Crippen LogP contribution in [0.3, 0.4) is 0 Å². The van der Waals surface area contributed by atoms with Crippen molar-refractivity contribution in [3.63, 3.8) is 0 Å². The van der Waals surface area contributed by atoms with Crippen LogP contribution in [0.1, 0.15) is 20.8 Å². The molecular formula is C14H24N4O2. The average Bonchev–Trinajstić information content (AvgIpc) is 2.47. The first-order chi connectivity index (χ1) is 9.62. The van der Waals surface area contributed by atoms with E-state index in [9.17, 15) is 0 Å². The van der Waals surface area contributed by atoms with Crippen molar-refractivity contribution in [2.24, 2.45) is 0 Å². The van der Waals surface area contributed by atoms with Crippen molar-refractivity contribution in [1.82, 2.24) is 14.9 Å². The molecule has 0 radical (unpaired) electrons. The summed E-state index contributed by atoms with van der Waals surface area (Å²) in [7, 11) is 0. The third-order valence-electron chi connectivity index (χ3n) is 3.50. The number of morpholine rings is 1. The van der Waals surface area contributed by atoms with E-state index in [2.05, 4.69) is 34.0 Å². The molecule has 2 rings (SSSR count). The fraction of sp³-hybridized carbons (Fsp3) is 0.714. The first-order valence-corrected chi connectivity index (χ1v) is 7.13. The number of nitrogens with one attached hydrogen (secondary N) is 1. The van der Waals surface area contributed by atoms with Crippen molar-refractivity contribution >= 4 is 5.82 Å². The molecule has 1 aliphatic rings. The summed E-state index contributed by atoms with van der Waals surface area (Å²) in [5, 5.41) is 3.37. The Balaban J connectivity index is 1.91. The van der Waals surface area contributed by atoms with Crippen LogP contribution in [0, 0.1) is 0 Å². The fourth-order valence-corrected chi connectivity index (χ4v) is 2.25. The Labute approximate surface area is 120 Å². The normalized spacial score (nSPS) is 16.9. The van der Waals surface area contributed by atoms with Gasteiger partial charge in [-0.3, -0.25) is 4.90 Å². The molecule has 0 unspecified atom stereocenters. The van der Waals surface area contributed by atoms with Crippen LogP contribution in [0.5, 0.6) is 5.88 Å². The van der Waals surface area contributed by atoms with Crippen molar-refractivity contribution in [3.05, 3.63) is 12.4 Å². The number of hydrogen-bond donors (Lipinski definition) is 1. The molecule has 2 heterocycles. The van der Waals surface area contributed by atoms with Crippen LogP contribution in [0.25, 0.3) is 0 Å². The van der Waals surface area contributed by atoms with E-state index in [1.807, 2.05) is 13.0 Å². The minimum Gasteiger partial charge on any atom is -0.478 e. The average molecular weight is 280 g/mol. The Bertz CT molecular complexity index is 419. The lowest BCUT2D eigenvalue weighted by Crippen LogP contribution is -2.53. The second-order valence-corrected chi connectivity index (χ2v) is 5.44. The summed E-state index contributed by atoms with van der Waals surface area (Å²) in [6.07, 6.45) is 1.52. The lowest BCUT2D eigenvalue weighted by Gasteiger charge is -2.40. The molecule has 0 spiro atoms. The van der Waals surface area contributed by atoms with Crippen LogP contribution < -0.4 is 10.1 Å². The van der Waals surface area contributed by atoms with Crippen molar-refractivity contribution in [1.29, 1.82) is 0 Å². The maximum absolute atomic E-state index is 5.40. The Hall–Kier alpha value is -1.40. The highest BCUT2D eigenvalue weighted by molar-refractivity contribution is 5.37. The highest BCUT2D eigenvalue weighted by atomic mass is 16.5. The molecule has 1 aliphatic heterocycles. The summed E-state index contributed by atoms with van der Waals surface area (Å²) < 4.78 is 10.8. The van der Waals surface area contributed by atoms with E-state index < -0.39 is 0 Å². The maximum atomic E-state index is 5.40. The number of aromatic nitrogens is 2. The molecule has 0 atom stereocenters. The summed E-state index contributed by atoms with van der Waals surface area (Å²) in [5.74, 6) is 1.40. The second kappa shape index (κ2) is 6.85. The molecule has 0 bridgehead atoms. The van der Waals surface area contributed by atoms with Gasteiger partial charge in [-0.2, -0.15) is 0 Å². The molecule has 1 aromatic heterocycles. The van der Waals surface area contributed by atoms with Gasteiger partial charge in [0, 0.05) is 31.2 Å². The van der Waals surface area contributed by atoms with Crippen molar-refractivity contribution in [2.45, 2.75) is 26.3 Å². The van der Waals surface area contributed by atoms with Crippen LogP contribution in [-0.4, -0.2) is 59.9 Å². The third-order valence-corrected chi connectivity index (χ3v) is 3.50. The molecule has 1 N–H and O–H groups in total. The number of nitrogens with zero attached hydrogens (tertiary/aromatic N) is 3. The summed E-state index contributed by atoms with van der Waals surface area (Å²) in [5.41, 5.74) is 0.0561. The molecule has 20 heavy (non-hydrogen) atoms. The predicted molar refractivity (Wildman–Crippen MR) is 78.2 cm³/mol. The number of ether oxygens (including phenoxy) is 2. The van der Waals surface area contributed by atoms with E-state index in [1.165, 1.54) is 6.33 Å². The molecule has 6 heteroatoms. The number of rotatable bonds is 6. The Morgan fingerprint density at radius 1 is 1.35 bits per heavy atom. The largest absolute Gasteiger partial charge is 0.478 e. The second-order valence-electron chi connectivity index (χ2n) is 5.44. The van der Waals surface area contributed by atoms with Gasteiger partial charge in [0.05, 0.1) is 19.8 Å². The Kier molecular flexibility index (Phi) is 5.14. The SMILES string of the molecule is CCOc1cc(NCC(C)(C)N2CCOCC2)ncn1. The molecule has 1 fully saturated rings.